The number of carbonyl (C=O) groups excluding carboxylic acids is 2. The third-order valence-corrected chi connectivity index (χ3v) is 2.15. The van der Waals surface area contributed by atoms with E-state index in [2.05, 4.69) is 5.43 Å². The van der Waals surface area contributed by atoms with Crippen LogP contribution in [0.1, 0.15) is 28.7 Å². The largest absolute Gasteiger partial charge is 0.462 e. The van der Waals surface area contributed by atoms with Crippen molar-refractivity contribution < 1.29 is 14.3 Å². The zero-order chi connectivity index (χ0) is 12.3. The van der Waals surface area contributed by atoms with E-state index in [0.717, 1.165) is 0 Å². The van der Waals surface area contributed by atoms with Crippen LogP contribution in [0.3, 0.4) is 0 Å². The number of amides is 2. The molecule has 1 heterocycles. The number of nitrogens with zero attached hydrogens (tertiary/aromatic N) is 1. The van der Waals surface area contributed by atoms with Crippen LogP contribution in [0.15, 0.2) is 6.07 Å². The predicted molar refractivity (Wildman–Crippen MR) is 58.8 cm³/mol. The normalized spacial score (nSPS) is 9.94. The Kier molecular flexibility index (Phi) is 3.55. The van der Waals surface area contributed by atoms with E-state index >= 15 is 0 Å². The Morgan fingerprint density at radius 2 is 2.12 bits per heavy atom. The lowest BCUT2D eigenvalue weighted by Crippen LogP contribution is -2.29. The first-order valence-corrected chi connectivity index (χ1v) is 4.90. The van der Waals surface area contributed by atoms with Crippen LogP contribution in [0, 0.1) is 13.8 Å². The minimum atomic E-state index is -0.683. The summed E-state index contributed by atoms with van der Waals surface area (Å²) in [6, 6.07) is 0.959. The average Bonchev–Trinajstić information content (AvgIpc) is 2.45. The van der Waals surface area contributed by atoms with Crippen molar-refractivity contribution >= 4 is 12.0 Å². The first-order chi connectivity index (χ1) is 7.47. The number of hydrogen-bond acceptors (Lipinski definition) is 3. The summed E-state index contributed by atoms with van der Waals surface area (Å²) in [5.41, 5.74) is 9.15. The van der Waals surface area contributed by atoms with E-state index in [1.165, 1.54) is 4.68 Å². The number of primary amides is 1. The van der Waals surface area contributed by atoms with Crippen LogP contribution in [0.25, 0.3) is 0 Å². The number of carbonyl (C=O) groups is 2. The molecule has 0 spiro atoms. The lowest BCUT2D eigenvalue weighted by atomic mass is 10.2. The smallest absolute Gasteiger partial charge is 0.340 e. The number of aromatic nitrogens is 1. The summed E-state index contributed by atoms with van der Waals surface area (Å²) in [6.07, 6.45) is 0. The molecule has 0 aliphatic heterocycles. The number of urea groups is 1. The number of nitrogens with two attached hydrogens (primary N) is 1. The Balaban J connectivity index is 3.06. The molecular weight excluding hydrogens is 210 g/mol. The Bertz CT molecular complexity index is 423. The van der Waals surface area contributed by atoms with Gasteiger partial charge in [0.2, 0.25) is 0 Å². The van der Waals surface area contributed by atoms with Crippen molar-refractivity contribution in [3.63, 3.8) is 0 Å². The van der Waals surface area contributed by atoms with Gasteiger partial charge in [0.15, 0.2) is 0 Å². The fourth-order valence-corrected chi connectivity index (χ4v) is 1.46. The molecule has 2 amide bonds. The molecule has 0 bridgehead atoms. The van der Waals surface area contributed by atoms with Gasteiger partial charge in [-0.05, 0) is 26.8 Å². The molecule has 0 saturated heterocycles. The van der Waals surface area contributed by atoms with Gasteiger partial charge in [-0.15, -0.1) is 0 Å². The van der Waals surface area contributed by atoms with Crippen LogP contribution in [-0.2, 0) is 4.74 Å². The summed E-state index contributed by atoms with van der Waals surface area (Å²) < 4.78 is 6.34. The van der Waals surface area contributed by atoms with E-state index in [0.29, 0.717) is 23.6 Å². The van der Waals surface area contributed by atoms with E-state index < -0.39 is 12.0 Å². The van der Waals surface area contributed by atoms with E-state index in [4.69, 9.17) is 10.5 Å². The minimum absolute atomic E-state index is 0.311. The standard InChI is InChI=1S/C10H15N3O3/c1-4-16-9(14)8-5-6(2)13(7(8)3)12-10(11)15/h5H,4H2,1-3H3,(H3,11,12,15). The first-order valence-electron chi connectivity index (χ1n) is 4.90. The minimum Gasteiger partial charge on any atom is -0.462 e. The predicted octanol–water partition coefficient (Wildman–Crippen LogP) is 0.904. The Hall–Kier alpha value is -1.98. The van der Waals surface area contributed by atoms with Crippen molar-refractivity contribution in [2.75, 3.05) is 12.0 Å². The van der Waals surface area contributed by atoms with E-state index in [1.54, 1.807) is 26.8 Å². The molecule has 16 heavy (non-hydrogen) atoms. The van der Waals surface area contributed by atoms with Crippen molar-refractivity contribution in [2.45, 2.75) is 20.8 Å². The summed E-state index contributed by atoms with van der Waals surface area (Å²) in [6.45, 7) is 5.51. The third kappa shape index (κ3) is 2.33. The van der Waals surface area contributed by atoms with Gasteiger partial charge in [-0.3, -0.25) is 4.68 Å². The first kappa shape index (κ1) is 12.1. The van der Waals surface area contributed by atoms with Gasteiger partial charge in [0, 0.05) is 5.69 Å². The SMILES string of the molecule is CCOC(=O)c1cc(C)n(NC(N)=O)c1C. The maximum atomic E-state index is 11.5. The summed E-state index contributed by atoms with van der Waals surface area (Å²) in [5.74, 6) is -0.409. The molecule has 1 aromatic heterocycles. The van der Waals surface area contributed by atoms with Gasteiger partial charge in [-0.2, -0.15) is 0 Å². The summed E-state index contributed by atoms with van der Waals surface area (Å²) in [4.78, 5) is 22.3. The molecule has 0 aliphatic rings. The van der Waals surface area contributed by atoms with Crippen molar-refractivity contribution in [1.82, 2.24) is 4.68 Å². The molecule has 88 valence electrons. The highest BCUT2D eigenvalue weighted by atomic mass is 16.5. The monoisotopic (exact) mass is 225 g/mol. The molecule has 1 aromatic rings. The van der Waals surface area contributed by atoms with Crippen LogP contribution >= 0.6 is 0 Å². The zero-order valence-electron chi connectivity index (χ0n) is 9.53. The van der Waals surface area contributed by atoms with E-state index in [9.17, 15) is 9.59 Å². The van der Waals surface area contributed by atoms with Crippen LogP contribution < -0.4 is 11.2 Å². The molecule has 6 heteroatoms. The summed E-state index contributed by atoms with van der Waals surface area (Å²) in [5, 5.41) is 0. The number of ether oxygens (including phenoxy) is 1. The van der Waals surface area contributed by atoms with E-state index in [-0.39, 0.29) is 0 Å². The second-order valence-corrected chi connectivity index (χ2v) is 3.32. The lowest BCUT2D eigenvalue weighted by molar-refractivity contribution is 0.0525. The molecular formula is C10H15N3O3. The summed E-state index contributed by atoms with van der Waals surface area (Å²) >= 11 is 0. The van der Waals surface area contributed by atoms with Gasteiger partial charge in [-0.25, -0.2) is 15.0 Å². The molecule has 6 nitrogen and oxygen atoms in total. The van der Waals surface area contributed by atoms with Crippen molar-refractivity contribution in [1.29, 1.82) is 0 Å². The van der Waals surface area contributed by atoms with Crippen molar-refractivity contribution in [3.8, 4) is 0 Å². The summed E-state index contributed by atoms with van der Waals surface area (Å²) in [7, 11) is 0. The van der Waals surface area contributed by atoms with Gasteiger partial charge >= 0.3 is 12.0 Å². The fourth-order valence-electron chi connectivity index (χ4n) is 1.46. The van der Waals surface area contributed by atoms with E-state index in [1.807, 2.05) is 0 Å². The molecule has 1 rings (SSSR count). The average molecular weight is 225 g/mol. The lowest BCUT2D eigenvalue weighted by Gasteiger charge is -2.08. The van der Waals surface area contributed by atoms with Gasteiger partial charge in [-0.1, -0.05) is 0 Å². The molecule has 0 atom stereocenters. The quantitative estimate of drug-likeness (QED) is 0.749. The highest BCUT2D eigenvalue weighted by molar-refractivity contribution is 5.91. The Morgan fingerprint density at radius 1 is 1.50 bits per heavy atom. The maximum Gasteiger partial charge on any atom is 0.340 e. The number of hydrogen-bond donors (Lipinski definition) is 2. The molecule has 0 aromatic carbocycles. The highest BCUT2D eigenvalue weighted by Gasteiger charge is 2.17. The fraction of sp³-hybridized carbons (Fsp3) is 0.400. The van der Waals surface area contributed by atoms with Crippen molar-refractivity contribution in [2.24, 2.45) is 5.73 Å². The zero-order valence-corrected chi connectivity index (χ0v) is 9.53. The van der Waals surface area contributed by atoms with Crippen LogP contribution in [0.2, 0.25) is 0 Å². The molecule has 0 aliphatic carbocycles. The maximum absolute atomic E-state index is 11.5. The molecule has 0 unspecified atom stereocenters. The number of rotatable bonds is 3. The van der Waals surface area contributed by atoms with Crippen LogP contribution in [0.4, 0.5) is 4.79 Å². The second kappa shape index (κ2) is 4.69. The third-order valence-electron chi connectivity index (χ3n) is 2.15. The van der Waals surface area contributed by atoms with Crippen LogP contribution in [-0.4, -0.2) is 23.3 Å². The molecule has 0 saturated carbocycles. The Labute approximate surface area is 93.3 Å². The van der Waals surface area contributed by atoms with Gasteiger partial charge in [0.1, 0.15) is 0 Å². The number of aryl methyl sites for hydroxylation is 1. The Morgan fingerprint density at radius 3 is 2.62 bits per heavy atom. The van der Waals surface area contributed by atoms with Gasteiger partial charge in [0.25, 0.3) is 0 Å². The molecule has 3 N–H and O–H groups in total. The second-order valence-electron chi connectivity index (χ2n) is 3.32. The topological polar surface area (TPSA) is 86.3 Å². The number of esters is 1. The van der Waals surface area contributed by atoms with Gasteiger partial charge < -0.3 is 10.5 Å². The number of nitrogens with one attached hydrogen (secondary N) is 1. The molecule has 0 fully saturated rings. The highest BCUT2D eigenvalue weighted by Crippen LogP contribution is 2.14. The van der Waals surface area contributed by atoms with Crippen LogP contribution in [0.5, 0.6) is 0 Å². The van der Waals surface area contributed by atoms with Crippen molar-refractivity contribution in [3.05, 3.63) is 23.0 Å². The van der Waals surface area contributed by atoms with Gasteiger partial charge in [0.05, 0.1) is 17.9 Å². The molecule has 0 radical (unpaired) electrons.